The van der Waals surface area contributed by atoms with Crippen LogP contribution in [0.2, 0.25) is 0 Å². The average molecular weight is 544 g/mol. The molecule has 0 spiro atoms. The van der Waals surface area contributed by atoms with E-state index in [2.05, 4.69) is 0 Å². The Morgan fingerprint density at radius 3 is 2.63 bits per heavy atom. The largest absolute Gasteiger partial charge is 0.465 e. The van der Waals surface area contributed by atoms with Gasteiger partial charge >= 0.3 is 12.1 Å². The first-order valence-corrected chi connectivity index (χ1v) is 12.1. The number of carboxylic acid groups (broad SMARTS) is 1. The van der Waals surface area contributed by atoms with Crippen molar-refractivity contribution in [2.75, 3.05) is 32.1 Å². The van der Waals surface area contributed by atoms with Crippen molar-refractivity contribution in [3.05, 3.63) is 56.9 Å². The van der Waals surface area contributed by atoms with Crippen LogP contribution >= 0.6 is 12.4 Å². The summed E-state index contributed by atoms with van der Waals surface area (Å²) in [5.74, 6) is -0.766. The number of nitrogens with two attached hydrogens (primary N) is 1. The van der Waals surface area contributed by atoms with Gasteiger partial charge in [0, 0.05) is 36.1 Å². The number of cyclic esters (lactones) is 1. The van der Waals surface area contributed by atoms with Crippen LogP contribution in [0.5, 0.6) is 0 Å². The van der Waals surface area contributed by atoms with Gasteiger partial charge in [-0.15, -0.1) is 12.4 Å². The summed E-state index contributed by atoms with van der Waals surface area (Å²) in [5, 5.41) is 21.7. The van der Waals surface area contributed by atoms with Gasteiger partial charge in [0.1, 0.15) is 6.61 Å². The number of nitrogens with zero attached hydrogens (tertiary/aromatic N) is 4. The highest BCUT2D eigenvalue weighted by Gasteiger charge is 2.45. The minimum absolute atomic E-state index is 0. The lowest BCUT2D eigenvalue weighted by Crippen LogP contribution is -2.44. The number of carbonyl (C=O) groups is 2. The number of fused-ring (bicyclic) bond motifs is 5. The molecule has 2 aromatic heterocycles. The normalized spacial score (nSPS) is 17.5. The van der Waals surface area contributed by atoms with E-state index >= 15 is 0 Å². The quantitative estimate of drug-likeness (QED) is 0.310. The van der Waals surface area contributed by atoms with Crippen molar-refractivity contribution >= 4 is 41.1 Å². The van der Waals surface area contributed by atoms with Crippen LogP contribution in [0.25, 0.3) is 22.3 Å². The standard InChI is InChI=1S/C26H29N5O6.ClH/c1-4-26(36)18-10-21-22-14(11-31(21)23(32)17(18)13-37-24(26)33)9-15-16(12-29(2)3)20(6-5-19(15)28-22)30(8-7-27)25(34)35;/h5-6,9-10,36H,4,7-8,11-13,27H2,1-3H3,(H,34,35);1H/t26-;/m0./s1. The summed E-state index contributed by atoms with van der Waals surface area (Å²) in [4.78, 5) is 45.9. The molecule has 0 saturated heterocycles. The highest BCUT2D eigenvalue weighted by Crippen LogP contribution is 2.40. The lowest BCUT2D eigenvalue weighted by atomic mass is 9.86. The SMILES string of the molecule is CC[C@@]1(O)C(=O)OCc2c1cc1n(c2=O)Cc2cc3c(CN(C)C)c(N(CCN)C(=O)O)ccc3nc2-1.Cl. The summed E-state index contributed by atoms with van der Waals surface area (Å²) in [7, 11) is 3.80. The van der Waals surface area contributed by atoms with Crippen molar-refractivity contribution < 1.29 is 24.5 Å². The minimum atomic E-state index is -1.89. The van der Waals surface area contributed by atoms with Gasteiger partial charge in [0.25, 0.3) is 5.56 Å². The van der Waals surface area contributed by atoms with Crippen molar-refractivity contribution in [1.82, 2.24) is 14.5 Å². The Labute approximate surface area is 224 Å². The highest BCUT2D eigenvalue weighted by molar-refractivity contribution is 5.96. The van der Waals surface area contributed by atoms with Gasteiger partial charge in [-0.1, -0.05) is 6.92 Å². The van der Waals surface area contributed by atoms with Crippen LogP contribution in [0, 0.1) is 0 Å². The van der Waals surface area contributed by atoms with E-state index in [1.165, 1.54) is 4.90 Å². The molecule has 5 rings (SSSR count). The van der Waals surface area contributed by atoms with Crippen LogP contribution in [0.3, 0.4) is 0 Å². The van der Waals surface area contributed by atoms with Gasteiger partial charge in [0.2, 0.25) is 0 Å². The number of anilines is 1. The summed E-state index contributed by atoms with van der Waals surface area (Å²) in [6.07, 6.45) is -1.03. The molecule has 4 heterocycles. The first-order chi connectivity index (χ1) is 17.6. The van der Waals surface area contributed by atoms with Gasteiger partial charge in [0.15, 0.2) is 5.60 Å². The Kier molecular flexibility index (Phi) is 7.23. The number of benzene rings is 1. The van der Waals surface area contributed by atoms with Gasteiger partial charge in [-0.25, -0.2) is 14.6 Å². The van der Waals surface area contributed by atoms with Gasteiger partial charge in [-0.2, -0.15) is 0 Å². The zero-order valence-electron chi connectivity index (χ0n) is 21.4. The maximum absolute atomic E-state index is 13.4. The predicted octanol–water partition coefficient (Wildman–Crippen LogP) is 2.01. The lowest BCUT2D eigenvalue weighted by molar-refractivity contribution is -0.172. The predicted molar refractivity (Wildman–Crippen MR) is 144 cm³/mol. The third kappa shape index (κ3) is 4.11. The number of esters is 1. The summed E-state index contributed by atoms with van der Waals surface area (Å²) >= 11 is 0. The third-order valence-electron chi connectivity index (χ3n) is 7.13. The second-order valence-corrected chi connectivity index (χ2v) is 9.69. The number of ether oxygens (including phenoxy) is 1. The summed E-state index contributed by atoms with van der Waals surface area (Å²) in [5.41, 5.74) is 7.86. The van der Waals surface area contributed by atoms with Crippen LogP contribution in [0.15, 0.2) is 29.1 Å². The fourth-order valence-electron chi connectivity index (χ4n) is 5.28. The molecular formula is C26H30ClN5O6. The molecule has 2 aliphatic rings. The molecule has 1 atom stereocenters. The molecule has 2 aliphatic heterocycles. The van der Waals surface area contributed by atoms with Crippen molar-refractivity contribution in [2.45, 2.75) is 38.6 Å². The molecule has 0 unspecified atom stereocenters. The zero-order valence-corrected chi connectivity index (χ0v) is 22.2. The number of hydrogen-bond acceptors (Lipinski definition) is 8. The maximum atomic E-state index is 13.4. The number of amides is 1. The smallest absolute Gasteiger partial charge is 0.411 e. The van der Waals surface area contributed by atoms with E-state index in [0.717, 1.165) is 16.5 Å². The molecule has 4 N–H and O–H groups in total. The Balaban J connectivity index is 0.00000336. The number of aromatic nitrogens is 2. The molecule has 0 saturated carbocycles. The Morgan fingerprint density at radius 1 is 1.26 bits per heavy atom. The molecule has 0 bridgehead atoms. The molecule has 1 amide bonds. The molecule has 3 aromatic rings. The van der Waals surface area contributed by atoms with E-state index in [-0.39, 0.29) is 61.8 Å². The van der Waals surface area contributed by atoms with Crippen molar-refractivity contribution in [2.24, 2.45) is 5.73 Å². The Hall–Kier alpha value is -3.51. The minimum Gasteiger partial charge on any atom is -0.465 e. The molecule has 1 aromatic carbocycles. The molecule has 12 heteroatoms. The second-order valence-electron chi connectivity index (χ2n) is 9.69. The van der Waals surface area contributed by atoms with E-state index < -0.39 is 17.7 Å². The molecule has 0 fully saturated rings. The number of pyridine rings is 2. The fraction of sp³-hybridized carbons (Fsp3) is 0.385. The van der Waals surface area contributed by atoms with Gasteiger partial charge < -0.3 is 30.2 Å². The van der Waals surface area contributed by atoms with Crippen LogP contribution < -0.4 is 16.2 Å². The van der Waals surface area contributed by atoms with E-state index in [9.17, 15) is 24.6 Å². The summed E-state index contributed by atoms with van der Waals surface area (Å²) in [6.45, 7) is 2.52. The first kappa shape index (κ1) is 27.5. The molecule has 0 radical (unpaired) electrons. The van der Waals surface area contributed by atoms with Crippen molar-refractivity contribution in [3.8, 4) is 11.4 Å². The van der Waals surface area contributed by atoms with Crippen LogP contribution in [0.1, 0.15) is 35.6 Å². The third-order valence-corrected chi connectivity index (χ3v) is 7.13. The second kappa shape index (κ2) is 9.99. The number of rotatable bonds is 6. The number of aliphatic hydroxyl groups is 1. The van der Waals surface area contributed by atoms with Gasteiger partial charge in [-0.3, -0.25) is 9.69 Å². The zero-order chi connectivity index (χ0) is 26.6. The van der Waals surface area contributed by atoms with Crippen LogP contribution in [0.4, 0.5) is 10.5 Å². The molecule has 38 heavy (non-hydrogen) atoms. The Bertz CT molecular complexity index is 1520. The molecular weight excluding hydrogens is 514 g/mol. The van der Waals surface area contributed by atoms with Crippen LogP contribution in [-0.4, -0.2) is 63.9 Å². The molecule has 11 nitrogen and oxygen atoms in total. The Morgan fingerprint density at radius 2 is 2.00 bits per heavy atom. The van der Waals surface area contributed by atoms with E-state index in [1.54, 1.807) is 29.7 Å². The van der Waals surface area contributed by atoms with Crippen LogP contribution in [-0.2, 0) is 34.8 Å². The van der Waals surface area contributed by atoms with Crippen molar-refractivity contribution in [3.63, 3.8) is 0 Å². The van der Waals surface area contributed by atoms with Crippen molar-refractivity contribution in [1.29, 1.82) is 0 Å². The maximum Gasteiger partial charge on any atom is 0.411 e. The van der Waals surface area contributed by atoms with Gasteiger partial charge in [-0.05, 0) is 50.3 Å². The monoisotopic (exact) mass is 543 g/mol. The topological polar surface area (TPSA) is 151 Å². The number of hydrogen-bond donors (Lipinski definition) is 3. The average Bonchev–Trinajstić information content (AvgIpc) is 3.22. The lowest BCUT2D eigenvalue weighted by Gasteiger charge is -2.31. The highest BCUT2D eigenvalue weighted by atomic mass is 35.5. The van der Waals surface area contributed by atoms with E-state index in [4.69, 9.17) is 15.5 Å². The summed E-state index contributed by atoms with van der Waals surface area (Å²) < 4.78 is 6.71. The summed E-state index contributed by atoms with van der Waals surface area (Å²) in [6, 6.07) is 7.11. The molecule has 202 valence electrons. The number of carbonyl (C=O) groups excluding carboxylic acids is 1. The first-order valence-electron chi connectivity index (χ1n) is 12.1. The van der Waals surface area contributed by atoms with E-state index in [1.807, 2.05) is 25.1 Å². The fourth-order valence-corrected chi connectivity index (χ4v) is 5.28. The number of halogens is 1. The van der Waals surface area contributed by atoms with E-state index in [0.29, 0.717) is 29.1 Å². The van der Waals surface area contributed by atoms with Gasteiger partial charge in [0.05, 0.1) is 34.7 Å². The molecule has 0 aliphatic carbocycles.